The fraction of sp³-hybridized carbons (Fsp3) is 0.615. The van der Waals surface area contributed by atoms with Crippen molar-refractivity contribution in [3.63, 3.8) is 0 Å². The molecule has 0 saturated carbocycles. The number of rotatable bonds is 4. The first-order valence-electron chi connectivity index (χ1n) is 6.21. The summed E-state index contributed by atoms with van der Waals surface area (Å²) in [5.41, 5.74) is 1.26. The predicted molar refractivity (Wildman–Crippen MR) is 64.6 cm³/mol. The number of hydrogen-bond donors (Lipinski definition) is 1. The molecule has 1 saturated heterocycles. The van der Waals surface area contributed by atoms with Crippen LogP contribution in [0.15, 0.2) is 18.5 Å². The van der Waals surface area contributed by atoms with E-state index in [0.29, 0.717) is 6.04 Å². The summed E-state index contributed by atoms with van der Waals surface area (Å²) in [6, 6.07) is 2.58. The Bertz CT molecular complexity index is 321. The van der Waals surface area contributed by atoms with Crippen LogP contribution in [-0.2, 0) is 0 Å². The Morgan fingerprint density at radius 1 is 1.44 bits per heavy atom. The van der Waals surface area contributed by atoms with E-state index >= 15 is 0 Å². The lowest BCUT2D eigenvalue weighted by Crippen LogP contribution is -2.26. The maximum absolute atomic E-state index is 5.60. The lowest BCUT2D eigenvalue weighted by molar-refractivity contribution is 0.314. The molecule has 0 aromatic carbocycles. The highest BCUT2D eigenvalue weighted by Crippen LogP contribution is 2.24. The molecule has 0 aliphatic carbocycles. The minimum absolute atomic E-state index is 0.464. The monoisotopic (exact) mass is 220 g/mol. The van der Waals surface area contributed by atoms with Gasteiger partial charge in [-0.3, -0.25) is 4.98 Å². The Morgan fingerprint density at radius 2 is 2.38 bits per heavy atom. The van der Waals surface area contributed by atoms with Gasteiger partial charge in [-0.2, -0.15) is 0 Å². The van der Waals surface area contributed by atoms with E-state index in [-0.39, 0.29) is 0 Å². The second-order valence-electron chi connectivity index (χ2n) is 4.30. The van der Waals surface area contributed by atoms with Gasteiger partial charge in [0.1, 0.15) is 5.75 Å². The first-order valence-corrected chi connectivity index (χ1v) is 6.21. The largest absolute Gasteiger partial charge is 0.492 e. The molecule has 16 heavy (non-hydrogen) atoms. The van der Waals surface area contributed by atoms with Crippen molar-refractivity contribution in [2.75, 3.05) is 13.2 Å². The molecule has 0 bridgehead atoms. The molecule has 1 aliphatic rings. The molecule has 0 spiro atoms. The Balaban J connectivity index is 2.02. The van der Waals surface area contributed by atoms with Crippen LogP contribution in [0.2, 0.25) is 0 Å². The van der Waals surface area contributed by atoms with Gasteiger partial charge in [-0.15, -0.1) is 0 Å². The minimum atomic E-state index is 0.464. The number of nitrogens with zero attached hydrogens (tertiary/aromatic N) is 1. The zero-order valence-electron chi connectivity index (χ0n) is 9.91. The zero-order chi connectivity index (χ0) is 11.2. The van der Waals surface area contributed by atoms with Gasteiger partial charge >= 0.3 is 0 Å². The van der Waals surface area contributed by atoms with Crippen molar-refractivity contribution in [2.45, 2.75) is 38.6 Å². The lowest BCUT2D eigenvalue weighted by atomic mass is 9.99. The summed E-state index contributed by atoms with van der Waals surface area (Å²) >= 11 is 0. The third-order valence-corrected chi connectivity index (χ3v) is 2.92. The molecule has 1 aromatic heterocycles. The van der Waals surface area contributed by atoms with Crippen molar-refractivity contribution in [3.8, 4) is 5.75 Å². The van der Waals surface area contributed by atoms with Gasteiger partial charge in [0.15, 0.2) is 0 Å². The van der Waals surface area contributed by atoms with Crippen molar-refractivity contribution < 1.29 is 4.74 Å². The first-order chi connectivity index (χ1) is 7.90. The van der Waals surface area contributed by atoms with Gasteiger partial charge < -0.3 is 10.1 Å². The van der Waals surface area contributed by atoms with E-state index in [2.05, 4.69) is 23.3 Å². The number of ether oxygens (including phenoxy) is 1. The van der Waals surface area contributed by atoms with Crippen LogP contribution >= 0.6 is 0 Å². The summed E-state index contributed by atoms with van der Waals surface area (Å²) in [5.74, 6) is 0.895. The quantitative estimate of drug-likeness (QED) is 0.847. The molecule has 1 N–H and O–H groups in total. The fourth-order valence-corrected chi connectivity index (χ4v) is 2.06. The highest BCUT2D eigenvalue weighted by molar-refractivity contribution is 5.26. The molecule has 0 amide bonds. The second-order valence-corrected chi connectivity index (χ2v) is 4.30. The molecule has 3 nitrogen and oxygen atoms in total. The van der Waals surface area contributed by atoms with Gasteiger partial charge in [-0.05, 0) is 37.4 Å². The Morgan fingerprint density at radius 3 is 3.12 bits per heavy atom. The average molecular weight is 220 g/mol. The van der Waals surface area contributed by atoms with Crippen LogP contribution in [0, 0.1) is 0 Å². The lowest BCUT2D eigenvalue weighted by Gasteiger charge is -2.23. The van der Waals surface area contributed by atoms with Crippen LogP contribution in [0.5, 0.6) is 5.75 Å². The van der Waals surface area contributed by atoms with Crippen LogP contribution in [-0.4, -0.2) is 18.1 Å². The van der Waals surface area contributed by atoms with Crippen molar-refractivity contribution >= 4 is 0 Å². The van der Waals surface area contributed by atoms with Crippen molar-refractivity contribution in [1.82, 2.24) is 10.3 Å². The van der Waals surface area contributed by atoms with Gasteiger partial charge in [0.05, 0.1) is 12.8 Å². The number of nitrogens with one attached hydrogen (secondary N) is 1. The van der Waals surface area contributed by atoms with E-state index in [1.165, 1.54) is 24.8 Å². The minimum Gasteiger partial charge on any atom is -0.492 e. The van der Waals surface area contributed by atoms with Gasteiger partial charge in [0.25, 0.3) is 0 Å². The topological polar surface area (TPSA) is 34.1 Å². The summed E-state index contributed by atoms with van der Waals surface area (Å²) in [6.45, 7) is 3.99. The Hall–Kier alpha value is -1.09. The predicted octanol–water partition coefficient (Wildman–Crippen LogP) is 2.69. The average Bonchev–Trinajstić information content (AvgIpc) is 2.38. The maximum atomic E-state index is 5.60. The first kappa shape index (κ1) is 11.4. The molecule has 2 heterocycles. The third-order valence-electron chi connectivity index (χ3n) is 2.92. The normalized spacial score (nSPS) is 20.7. The van der Waals surface area contributed by atoms with Gasteiger partial charge in [-0.1, -0.05) is 13.3 Å². The Labute approximate surface area is 97.2 Å². The molecule has 0 radical (unpaired) electrons. The smallest absolute Gasteiger partial charge is 0.137 e. The van der Waals surface area contributed by atoms with Crippen LogP contribution < -0.4 is 10.1 Å². The third kappa shape index (κ3) is 2.95. The fourth-order valence-electron chi connectivity index (χ4n) is 2.06. The van der Waals surface area contributed by atoms with Crippen molar-refractivity contribution in [2.24, 2.45) is 0 Å². The van der Waals surface area contributed by atoms with E-state index in [1.807, 2.05) is 6.20 Å². The summed E-state index contributed by atoms with van der Waals surface area (Å²) in [6.07, 6.45) is 8.57. The summed E-state index contributed by atoms with van der Waals surface area (Å²) < 4.78 is 5.60. The molecule has 88 valence electrons. The molecule has 1 unspecified atom stereocenters. The number of aromatic nitrogens is 1. The van der Waals surface area contributed by atoms with Gasteiger partial charge in [0, 0.05) is 12.2 Å². The van der Waals surface area contributed by atoms with Gasteiger partial charge in [0.2, 0.25) is 0 Å². The SMILES string of the molecule is CCCOc1cncc(C2CCCCN2)c1. The van der Waals surface area contributed by atoms with Crippen LogP contribution in [0.25, 0.3) is 0 Å². The summed E-state index contributed by atoms with van der Waals surface area (Å²) in [7, 11) is 0. The standard InChI is InChI=1S/C13H20N2O/c1-2-7-16-12-8-11(9-14-10-12)13-5-3-4-6-15-13/h8-10,13,15H,2-7H2,1H3. The van der Waals surface area contributed by atoms with E-state index in [0.717, 1.165) is 25.3 Å². The molecular formula is C13H20N2O. The van der Waals surface area contributed by atoms with Crippen molar-refractivity contribution in [3.05, 3.63) is 24.0 Å². The zero-order valence-corrected chi connectivity index (χ0v) is 9.91. The van der Waals surface area contributed by atoms with Crippen LogP contribution in [0.3, 0.4) is 0 Å². The van der Waals surface area contributed by atoms with Crippen LogP contribution in [0.1, 0.15) is 44.2 Å². The maximum Gasteiger partial charge on any atom is 0.137 e. The van der Waals surface area contributed by atoms with Crippen LogP contribution in [0.4, 0.5) is 0 Å². The van der Waals surface area contributed by atoms with E-state index in [9.17, 15) is 0 Å². The number of hydrogen-bond acceptors (Lipinski definition) is 3. The molecule has 1 atom stereocenters. The molecule has 1 aromatic rings. The second kappa shape index (κ2) is 5.85. The number of pyridine rings is 1. The van der Waals surface area contributed by atoms with E-state index in [1.54, 1.807) is 6.20 Å². The number of piperidine rings is 1. The summed E-state index contributed by atoms with van der Waals surface area (Å²) in [4.78, 5) is 4.25. The van der Waals surface area contributed by atoms with Gasteiger partial charge in [-0.25, -0.2) is 0 Å². The molecule has 2 rings (SSSR count). The Kier molecular flexibility index (Phi) is 4.17. The highest BCUT2D eigenvalue weighted by atomic mass is 16.5. The highest BCUT2D eigenvalue weighted by Gasteiger charge is 2.15. The van der Waals surface area contributed by atoms with E-state index < -0.39 is 0 Å². The van der Waals surface area contributed by atoms with E-state index in [4.69, 9.17) is 4.74 Å². The molecule has 1 fully saturated rings. The van der Waals surface area contributed by atoms with Crippen molar-refractivity contribution in [1.29, 1.82) is 0 Å². The molecule has 3 heteroatoms. The molecular weight excluding hydrogens is 200 g/mol. The molecule has 1 aliphatic heterocycles. The summed E-state index contributed by atoms with van der Waals surface area (Å²) in [5, 5.41) is 3.52.